The molecule has 10 heavy (non-hydrogen) atoms. The molecule has 0 aromatic rings. The number of hydrogen-bond acceptors (Lipinski definition) is 1. The molecule has 2 nitrogen and oxygen atoms in total. The molecule has 0 aromatic carbocycles. The van der Waals surface area contributed by atoms with Gasteiger partial charge in [0.1, 0.15) is 12.2 Å². The van der Waals surface area contributed by atoms with Crippen LogP contribution < -0.4 is 5.32 Å². The van der Waals surface area contributed by atoms with Crippen LogP contribution in [0.15, 0.2) is 12.2 Å². The summed E-state index contributed by atoms with van der Waals surface area (Å²) < 4.78 is 23.8. The average Bonchev–Trinajstić information content (AvgIpc) is 2.34. The molecule has 0 aromatic heterocycles. The molecule has 1 heterocycles. The summed E-state index contributed by atoms with van der Waals surface area (Å²) in [4.78, 5) is 10.4. The van der Waals surface area contributed by atoms with E-state index in [1.165, 1.54) is 0 Å². The monoisotopic (exact) mass is 147 g/mol. The molecule has 1 aliphatic rings. The summed E-state index contributed by atoms with van der Waals surface area (Å²) in [6, 6.07) is 0. The van der Waals surface area contributed by atoms with Crippen LogP contribution in [-0.4, -0.2) is 12.5 Å². The van der Waals surface area contributed by atoms with Crippen LogP contribution in [0.5, 0.6) is 0 Å². The van der Waals surface area contributed by atoms with Gasteiger partial charge in [-0.3, -0.25) is 4.79 Å². The molecule has 0 saturated carbocycles. The molecule has 0 aliphatic carbocycles. The molecule has 0 bridgehead atoms. The largest absolute Gasteiger partial charge is 0.355 e. The van der Waals surface area contributed by atoms with E-state index in [9.17, 15) is 13.6 Å². The number of carbonyl (C=O) groups excluding carboxylic acids is 1. The molecule has 1 amide bonds. The first-order valence-corrected chi connectivity index (χ1v) is 2.96. The minimum absolute atomic E-state index is 0.0618. The zero-order valence-corrected chi connectivity index (χ0v) is 5.23. The molecule has 1 fully saturated rings. The molecule has 4 heteroatoms. The Morgan fingerprint density at radius 3 is 2.90 bits per heavy atom. The van der Waals surface area contributed by atoms with Crippen molar-refractivity contribution >= 4 is 5.91 Å². The van der Waals surface area contributed by atoms with Crippen molar-refractivity contribution in [3.8, 4) is 0 Å². The van der Waals surface area contributed by atoms with Gasteiger partial charge in [-0.05, 0) is 0 Å². The standard InChI is InChI=1S/C6H7F2NO/c7-2-5(8)4-1-6(10)9-3-4/h2,4H,1,3H2,(H,9,10). The van der Waals surface area contributed by atoms with Crippen LogP contribution >= 0.6 is 0 Å². The number of nitrogens with one attached hydrogen (secondary N) is 1. The van der Waals surface area contributed by atoms with Crippen molar-refractivity contribution in [2.24, 2.45) is 5.92 Å². The predicted molar refractivity (Wildman–Crippen MR) is 31.4 cm³/mol. The van der Waals surface area contributed by atoms with Gasteiger partial charge in [0.05, 0.1) is 0 Å². The Balaban J connectivity index is 2.52. The van der Waals surface area contributed by atoms with Crippen molar-refractivity contribution in [2.45, 2.75) is 6.42 Å². The Kier molecular flexibility index (Phi) is 1.99. The molecule has 56 valence electrons. The third-order valence-electron chi connectivity index (χ3n) is 1.47. The Bertz CT molecular complexity index is 179. The summed E-state index contributed by atoms with van der Waals surface area (Å²) >= 11 is 0. The first-order chi connectivity index (χ1) is 4.74. The SMILES string of the molecule is O=C1CC(C(F)=CF)CN1. The number of amides is 1. The highest BCUT2D eigenvalue weighted by Gasteiger charge is 2.25. The van der Waals surface area contributed by atoms with Gasteiger partial charge in [-0.1, -0.05) is 0 Å². The van der Waals surface area contributed by atoms with E-state index >= 15 is 0 Å². The molecule has 1 saturated heterocycles. The van der Waals surface area contributed by atoms with Crippen LogP contribution in [0.1, 0.15) is 6.42 Å². The van der Waals surface area contributed by atoms with Gasteiger partial charge >= 0.3 is 0 Å². The van der Waals surface area contributed by atoms with E-state index in [1.807, 2.05) is 0 Å². The number of carbonyl (C=O) groups is 1. The normalized spacial score (nSPS) is 26.8. The summed E-state index contributed by atoms with van der Waals surface area (Å²) in [6.45, 7) is 0.213. The van der Waals surface area contributed by atoms with E-state index in [0.717, 1.165) is 0 Å². The smallest absolute Gasteiger partial charge is 0.220 e. The first-order valence-electron chi connectivity index (χ1n) is 2.96. The van der Waals surface area contributed by atoms with Gasteiger partial charge in [0.25, 0.3) is 0 Å². The van der Waals surface area contributed by atoms with Gasteiger partial charge in [-0.2, -0.15) is 0 Å². The van der Waals surface area contributed by atoms with Crippen molar-refractivity contribution in [2.75, 3.05) is 6.54 Å². The second kappa shape index (κ2) is 2.77. The Hall–Kier alpha value is -0.930. The fourth-order valence-corrected chi connectivity index (χ4v) is 0.889. The van der Waals surface area contributed by atoms with Gasteiger partial charge in [0.2, 0.25) is 5.91 Å². The van der Waals surface area contributed by atoms with E-state index in [-0.39, 0.29) is 25.2 Å². The lowest BCUT2D eigenvalue weighted by molar-refractivity contribution is -0.119. The quantitative estimate of drug-likeness (QED) is 0.586. The molecule has 1 N–H and O–H groups in total. The summed E-state index contributed by atoms with van der Waals surface area (Å²) in [6.07, 6.45) is -0.0306. The highest BCUT2D eigenvalue weighted by Crippen LogP contribution is 2.19. The second-order valence-corrected chi connectivity index (χ2v) is 2.20. The topological polar surface area (TPSA) is 29.1 Å². The van der Waals surface area contributed by atoms with Gasteiger partial charge < -0.3 is 5.32 Å². The van der Waals surface area contributed by atoms with Crippen LogP contribution in [-0.2, 0) is 4.79 Å². The van der Waals surface area contributed by atoms with E-state index in [2.05, 4.69) is 5.32 Å². The van der Waals surface area contributed by atoms with Crippen LogP contribution in [0.4, 0.5) is 8.78 Å². The van der Waals surface area contributed by atoms with Crippen molar-refractivity contribution in [3.05, 3.63) is 12.2 Å². The van der Waals surface area contributed by atoms with E-state index in [1.54, 1.807) is 0 Å². The molecule has 1 unspecified atom stereocenters. The molecule has 1 atom stereocenters. The maximum absolute atomic E-state index is 12.3. The van der Waals surface area contributed by atoms with Crippen LogP contribution in [0.3, 0.4) is 0 Å². The van der Waals surface area contributed by atoms with Gasteiger partial charge in [0.15, 0.2) is 0 Å². The molecular weight excluding hydrogens is 140 g/mol. The maximum Gasteiger partial charge on any atom is 0.220 e. The Morgan fingerprint density at radius 1 is 1.80 bits per heavy atom. The van der Waals surface area contributed by atoms with E-state index in [0.29, 0.717) is 0 Å². The molecule has 0 radical (unpaired) electrons. The predicted octanol–water partition coefficient (Wildman–Crippen LogP) is 0.903. The highest BCUT2D eigenvalue weighted by atomic mass is 19.2. The summed E-state index contributed by atoms with van der Waals surface area (Å²) in [5.41, 5.74) is 0. The van der Waals surface area contributed by atoms with Crippen molar-refractivity contribution < 1.29 is 13.6 Å². The van der Waals surface area contributed by atoms with Gasteiger partial charge in [0, 0.05) is 18.9 Å². The van der Waals surface area contributed by atoms with Crippen molar-refractivity contribution in [3.63, 3.8) is 0 Å². The number of halogens is 2. The third-order valence-corrected chi connectivity index (χ3v) is 1.47. The van der Waals surface area contributed by atoms with Crippen molar-refractivity contribution in [1.29, 1.82) is 0 Å². The van der Waals surface area contributed by atoms with E-state index < -0.39 is 11.7 Å². The number of hydrogen-bond donors (Lipinski definition) is 1. The minimum Gasteiger partial charge on any atom is -0.355 e. The second-order valence-electron chi connectivity index (χ2n) is 2.20. The fourth-order valence-electron chi connectivity index (χ4n) is 0.889. The average molecular weight is 147 g/mol. The van der Waals surface area contributed by atoms with Crippen LogP contribution in [0.2, 0.25) is 0 Å². The van der Waals surface area contributed by atoms with Crippen molar-refractivity contribution in [1.82, 2.24) is 5.32 Å². The molecule has 1 aliphatic heterocycles. The van der Waals surface area contributed by atoms with Gasteiger partial charge in [-0.15, -0.1) is 0 Å². The zero-order chi connectivity index (χ0) is 7.56. The zero-order valence-electron chi connectivity index (χ0n) is 5.23. The number of rotatable bonds is 1. The summed E-state index contributed by atoms with van der Waals surface area (Å²) in [7, 11) is 0. The van der Waals surface area contributed by atoms with Gasteiger partial charge in [-0.25, -0.2) is 8.78 Å². The third kappa shape index (κ3) is 1.32. The van der Waals surface area contributed by atoms with Crippen LogP contribution in [0.25, 0.3) is 0 Å². The fraction of sp³-hybridized carbons (Fsp3) is 0.500. The lowest BCUT2D eigenvalue weighted by Gasteiger charge is -1.99. The minimum atomic E-state index is -0.849. The Morgan fingerprint density at radius 2 is 2.50 bits per heavy atom. The van der Waals surface area contributed by atoms with E-state index in [4.69, 9.17) is 0 Å². The highest BCUT2D eigenvalue weighted by molar-refractivity contribution is 5.78. The molecule has 1 rings (SSSR count). The first kappa shape index (κ1) is 7.18. The lowest BCUT2D eigenvalue weighted by atomic mass is 10.1. The summed E-state index contributed by atoms with van der Waals surface area (Å²) in [5, 5.41) is 2.40. The summed E-state index contributed by atoms with van der Waals surface area (Å²) in [5.74, 6) is -1.65. The van der Waals surface area contributed by atoms with Crippen LogP contribution in [0, 0.1) is 5.92 Å². The Labute approximate surface area is 56.9 Å². The lowest BCUT2D eigenvalue weighted by Crippen LogP contribution is -2.13. The molecule has 0 spiro atoms. The molecular formula is C6H7F2NO. The maximum atomic E-state index is 12.3.